The average Bonchev–Trinajstić information content (AvgIpc) is 2.63. The van der Waals surface area contributed by atoms with Gasteiger partial charge in [-0.05, 0) is 50.1 Å². The van der Waals surface area contributed by atoms with Crippen LogP contribution in [0.4, 0.5) is 0 Å². The lowest BCUT2D eigenvalue weighted by molar-refractivity contribution is 0.0696. The highest BCUT2D eigenvalue weighted by Gasteiger charge is 2.31. The summed E-state index contributed by atoms with van der Waals surface area (Å²) in [6, 6.07) is 8.54. The Labute approximate surface area is 158 Å². The molecule has 0 atom stereocenters. The molecule has 2 heterocycles. The molecule has 144 valence electrons. The first-order chi connectivity index (χ1) is 12.7. The normalized spacial score (nSPS) is 15.7. The first-order valence-corrected chi connectivity index (χ1v) is 10.2. The Bertz CT molecular complexity index is 1040. The number of piperazine rings is 1. The van der Waals surface area contributed by atoms with Crippen molar-refractivity contribution in [2.75, 3.05) is 26.2 Å². The molecular formula is C19H23N3O4S. The molecular weight excluding hydrogens is 366 g/mol. The van der Waals surface area contributed by atoms with E-state index in [0.717, 1.165) is 5.56 Å². The van der Waals surface area contributed by atoms with Gasteiger partial charge >= 0.3 is 0 Å². The van der Waals surface area contributed by atoms with Gasteiger partial charge in [-0.2, -0.15) is 4.31 Å². The van der Waals surface area contributed by atoms with Crippen LogP contribution in [0, 0.1) is 20.8 Å². The van der Waals surface area contributed by atoms with Gasteiger partial charge in [0.1, 0.15) is 5.56 Å². The van der Waals surface area contributed by atoms with Crippen molar-refractivity contribution in [2.45, 2.75) is 25.7 Å². The lowest BCUT2D eigenvalue weighted by Crippen LogP contribution is -2.51. The third-order valence-corrected chi connectivity index (χ3v) is 6.81. The second-order valence-corrected chi connectivity index (χ2v) is 8.76. The van der Waals surface area contributed by atoms with E-state index in [1.165, 1.54) is 15.3 Å². The van der Waals surface area contributed by atoms with Gasteiger partial charge in [-0.25, -0.2) is 8.42 Å². The van der Waals surface area contributed by atoms with E-state index in [1.54, 1.807) is 32.0 Å². The summed E-state index contributed by atoms with van der Waals surface area (Å²) in [6.45, 7) is 6.26. The van der Waals surface area contributed by atoms with Crippen LogP contribution in [0.3, 0.4) is 0 Å². The van der Waals surface area contributed by atoms with E-state index in [2.05, 4.69) is 4.98 Å². The Morgan fingerprint density at radius 1 is 1.00 bits per heavy atom. The third kappa shape index (κ3) is 3.81. The van der Waals surface area contributed by atoms with Gasteiger partial charge in [0, 0.05) is 31.9 Å². The van der Waals surface area contributed by atoms with E-state index in [1.807, 2.05) is 13.0 Å². The minimum atomic E-state index is -3.62. The van der Waals surface area contributed by atoms with Crippen molar-refractivity contribution in [1.82, 2.24) is 14.2 Å². The molecule has 0 bridgehead atoms. The molecule has 1 saturated heterocycles. The number of aromatic nitrogens is 1. The average molecular weight is 389 g/mol. The van der Waals surface area contributed by atoms with Crippen LogP contribution in [-0.2, 0) is 10.0 Å². The second-order valence-electron chi connectivity index (χ2n) is 6.85. The van der Waals surface area contributed by atoms with Gasteiger partial charge in [0.05, 0.1) is 4.90 Å². The van der Waals surface area contributed by atoms with Gasteiger partial charge in [0.2, 0.25) is 10.0 Å². The molecule has 1 amide bonds. The molecule has 0 unspecified atom stereocenters. The minimum Gasteiger partial charge on any atom is -0.336 e. The van der Waals surface area contributed by atoms with Crippen LogP contribution in [0.15, 0.2) is 40.0 Å². The molecule has 2 aromatic rings. The number of hydrogen-bond acceptors (Lipinski definition) is 4. The molecule has 1 aliphatic rings. The molecule has 0 radical (unpaired) electrons. The summed E-state index contributed by atoms with van der Waals surface area (Å²) in [5.74, 6) is -0.375. The molecule has 8 heteroatoms. The number of benzene rings is 1. The second kappa shape index (κ2) is 7.28. The zero-order valence-corrected chi connectivity index (χ0v) is 16.5. The molecule has 1 fully saturated rings. The van der Waals surface area contributed by atoms with Crippen molar-refractivity contribution in [3.05, 3.63) is 63.1 Å². The smallest absolute Gasteiger partial charge is 0.260 e. The van der Waals surface area contributed by atoms with E-state index < -0.39 is 15.6 Å². The van der Waals surface area contributed by atoms with Crippen molar-refractivity contribution >= 4 is 15.9 Å². The Kier molecular flexibility index (Phi) is 5.21. The fourth-order valence-electron chi connectivity index (χ4n) is 3.17. The number of aryl methyl sites for hydroxylation is 3. The zero-order valence-electron chi connectivity index (χ0n) is 15.7. The SMILES string of the molecule is Cc1ccc(C)c(S(=O)(=O)N2CCN(C(=O)c3ccc(C)[nH]c3=O)CC2)c1. The molecule has 1 aliphatic heterocycles. The number of hydrogen-bond donors (Lipinski definition) is 1. The van der Waals surface area contributed by atoms with Gasteiger partial charge in [0.25, 0.3) is 11.5 Å². The molecule has 3 rings (SSSR count). The quantitative estimate of drug-likeness (QED) is 0.860. The van der Waals surface area contributed by atoms with Gasteiger partial charge < -0.3 is 9.88 Å². The number of nitrogens with zero attached hydrogens (tertiary/aromatic N) is 2. The Hall–Kier alpha value is -2.45. The number of amides is 1. The Balaban J connectivity index is 1.76. The molecule has 0 saturated carbocycles. The van der Waals surface area contributed by atoms with E-state index in [9.17, 15) is 18.0 Å². The lowest BCUT2D eigenvalue weighted by atomic mass is 10.2. The van der Waals surface area contributed by atoms with Gasteiger partial charge in [-0.3, -0.25) is 9.59 Å². The maximum Gasteiger partial charge on any atom is 0.260 e. The number of rotatable bonds is 3. The standard InChI is InChI=1S/C19H23N3O4S/c1-13-4-5-14(2)17(12-13)27(25,26)22-10-8-21(9-11-22)19(24)16-7-6-15(3)20-18(16)23/h4-7,12H,8-11H2,1-3H3,(H,20,23). The fraction of sp³-hybridized carbons (Fsp3) is 0.368. The van der Waals surface area contributed by atoms with Crippen LogP contribution in [-0.4, -0.2) is 54.7 Å². The van der Waals surface area contributed by atoms with Crippen molar-refractivity contribution in [3.63, 3.8) is 0 Å². The highest BCUT2D eigenvalue weighted by molar-refractivity contribution is 7.89. The van der Waals surface area contributed by atoms with Crippen molar-refractivity contribution < 1.29 is 13.2 Å². The number of aromatic amines is 1. The van der Waals surface area contributed by atoms with Crippen molar-refractivity contribution in [2.24, 2.45) is 0 Å². The predicted molar refractivity (Wildman–Crippen MR) is 102 cm³/mol. The number of sulfonamides is 1. The zero-order chi connectivity index (χ0) is 19.8. The number of nitrogens with one attached hydrogen (secondary N) is 1. The first kappa shape index (κ1) is 19.3. The van der Waals surface area contributed by atoms with Gasteiger partial charge in [-0.1, -0.05) is 12.1 Å². The first-order valence-electron chi connectivity index (χ1n) is 8.77. The molecule has 27 heavy (non-hydrogen) atoms. The van der Waals surface area contributed by atoms with E-state index in [0.29, 0.717) is 16.2 Å². The summed E-state index contributed by atoms with van der Waals surface area (Å²) in [7, 11) is -3.62. The number of H-pyrrole nitrogens is 1. The van der Waals surface area contributed by atoms with Crippen LogP contribution in [0.1, 0.15) is 27.2 Å². The van der Waals surface area contributed by atoms with E-state index in [-0.39, 0.29) is 37.6 Å². The largest absolute Gasteiger partial charge is 0.336 e. The molecule has 1 aromatic carbocycles. The van der Waals surface area contributed by atoms with E-state index >= 15 is 0 Å². The summed E-state index contributed by atoms with van der Waals surface area (Å²) >= 11 is 0. The summed E-state index contributed by atoms with van der Waals surface area (Å²) < 4.78 is 27.3. The number of carbonyl (C=O) groups is 1. The third-order valence-electron chi connectivity index (χ3n) is 4.77. The summed E-state index contributed by atoms with van der Waals surface area (Å²) in [6.07, 6.45) is 0. The van der Waals surface area contributed by atoms with Crippen LogP contribution in [0.25, 0.3) is 0 Å². The monoisotopic (exact) mass is 389 g/mol. The fourth-order valence-corrected chi connectivity index (χ4v) is 4.90. The van der Waals surface area contributed by atoms with Crippen LogP contribution in [0.5, 0.6) is 0 Å². The Morgan fingerprint density at radius 2 is 1.67 bits per heavy atom. The minimum absolute atomic E-state index is 0.0754. The van der Waals surface area contributed by atoms with Crippen LogP contribution in [0.2, 0.25) is 0 Å². The predicted octanol–water partition coefficient (Wildman–Crippen LogP) is 1.45. The summed E-state index contributed by atoms with van der Waals surface area (Å²) in [5.41, 5.74) is 1.91. The molecule has 0 spiro atoms. The summed E-state index contributed by atoms with van der Waals surface area (Å²) in [4.78, 5) is 29.0. The Morgan fingerprint density at radius 3 is 2.30 bits per heavy atom. The number of carbonyl (C=O) groups excluding carboxylic acids is 1. The highest BCUT2D eigenvalue weighted by Crippen LogP contribution is 2.22. The maximum absolute atomic E-state index is 13.0. The molecule has 7 nitrogen and oxygen atoms in total. The lowest BCUT2D eigenvalue weighted by Gasteiger charge is -2.34. The molecule has 0 aliphatic carbocycles. The van der Waals surface area contributed by atoms with Crippen LogP contribution >= 0.6 is 0 Å². The topological polar surface area (TPSA) is 90.6 Å². The van der Waals surface area contributed by atoms with Gasteiger partial charge in [-0.15, -0.1) is 0 Å². The van der Waals surface area contributed by atoms with Crippen molar-refractivity contribution in [3.8, 4) is 0 Å². The molecule has 1 aromatic heterocycles. The molecule has 1 N–H and O–H groups in total. The summed E-state index contributed by atoms with van der Waals surface area (Å²) in [5, 5.41) is 0. The highest BCUT2D eigenvalue weighted by atomic mass is 32.2. The maximum atomic E-state index is 13.0. The van der Waals surface area contributed by atoms with E-state index in [4.69, 9.17) is 0 Å². The van der Waals surface area contributed by atoms with Crippen LogP contribution < -0.4 is 5.56 Å². The van der Waals surface area contributed by atoms with Crippen molar-refractivity contribution in [1.29, 1.82) is 0 Å². The van der Waals surface area contributed by atoms with Gasteiger partial charge in [0.15, 0.2) is 0 Å². The number of pyridine rings is 1.